The van der Waals surface area contributed by atoms with Crippen LogP contribution in [0.5, 0.6) is 5.75 Å². The van der Waals surface area contributed by atoms with E-state index in [1.807, 2.05) is 29.2 Å². The fraction of sp³-hybridized carbons (Fsp3) is 0.353. The fourth-order valence-corrected chi connectivity index (χ4v) is 3.14. The number of thiazole rings is 1. The summed E-state index contributed by atoms with van der Waals surface area (Å²) in [5, 5.41) is 6.50. The molecule has 3 rings (SSSR count). The summed E-state index contributed by atoms with van der Waals surface area (Å²) in [5.74, 6) is 1.11. The number of benzene rings is 1. The molecule has 0 spiro atoms. The van der Waals surface area contributed by atoms with Crippen molar-refractivity contribution in [3.05, 3.63) is 35.2 Å². The zero-order chi connectivity index (χ0) is 17.5. The van der Waals surface area contributed by atoms with E-state index in [2.05, 4.69) is 15.5 Å². The number of piperidine rings is 1. The van der Waals surface area contributed by atoms with Crippen LogP contribution in [0, 0.1) is 0 Å². The molecule has 1 aliphatic rings. The third-order valence-corrected chi connectivity index (χ3v) is 4.63. The number of aromatic nitrogens is 1. The van der Waals surface area contributed by atoms with Crippen LogP contribution in [0.15, 0.2) is 34.7 Å². The van der Waals surface area contributed by atoms with E-state index in [4.69, 9.17) is 10.5 Å². The number of ether oxygens (including phenoxy) is 1. The Bertz CT molecular complexity index is 740. The van der Waals surface area contributed by atoms with E-state index in [0.29, 0.717) is 16.7 Å². The first-order valence-corrected chi connectivity index (χ1v) is 9.10. The summed E-state index contributed by atoms with van der Waals surface area (Å²) in [4.78, 5) is 18.2. The molecule has 8 heteroatoms. The number of hydrogen-bond acceptors (Lipinski definition) is 7. The Hall–Kier alpha value is -2.61. The lowest BCUT2D eigenvalue weighted by molar-refractivity contribution is -0.134. The normalized spacial score (nSPS) is 14.6. The second-order valence-corrected chi connectivity index (χ2v) is 6.57. The van der Waals surface area contributed by atoms with Gasteiger partial charge in [0.15, 0.2) is 6.61 Å². The number of rotatable bonds is 6. The predicted octanol–water partition coefficient (Wildman–Crippen LogP) is 2.56. The van der Waals surface area contributed by atoms with E-state index >= 15 is 0 Å². The van der Waals surface area contributed by atoms with Crippen LogP contribution < -0.4 is 15.9 Å². The van der Waals surface area contributed by atoms with Crippen molar-refractivity contribution < 1.29 is 9.53 Å². The summed E-state index contributed by atoms with van der Waals surface area (Å²) in [6.07, 6.45) is 4.98. The van der Waals surface area contributed by atoms with Gasteiger partial charge in [0.25, 0.3) is 5.91 Å². The molecule has 7 nitrogen and oxygen atoms in total. The summed E-state index contributed by atoms with van der Waals surface area (Å²) in [6.45, 7) is 1.69. The van der Waals surface area contributed by atoms with Gasteiger partial charge in [-0.15, -0.1) is 11.3 Å². The van der Waals surface area contributed by atoms with Crippen LogP contribution in [0.25, 0.3) is 0 Å². The number of para-hydroxylation sites is 1. The summed E-state index contributed by atoms with van der Waals surface area (Å²) in [6, 6.07) is 7.46. The lowest BCUT2D eigenvalue weighted by Crippen LogP contribution is -2.38. The first-order valence-electron chi connectivity index (χ1n) is 8.22. The van der Waals surface area contributed by atoms with Gasteiger partial charge in [0.05, 0.1) is 6.21 Å². The van der Waals surface area contributed by atoms with E-state index in [-0.39, 0.29) is 12.5 Å². The van der Waals surface area contributed by atoms with Crippen molar-refractivity contribution in [3.63, 3.8) is 0 Å². The van der Waals surface area contributed by atoms with Crippen LogP contribution in [0.1, 0.15) is 24.8 Å². The van der Waals surface area contributed by atoms with Crippen molar-refractivity contribution in [1.82, 2.24) is 9.88 Å². The number of likely N-dealkylation sites (tertiary alicyclic amines) is 1. The van der Waals surface area contributed by atoms with Gasteiger partial charge in [-0.25, -0.2) is 4.98 Å². The SMILES string of the molecule is Nc1csc(NN=Cc2ccccc2OCC(=O)N2CCCCC2)n1. The summed E-state index contributed by atoms with van der Waals surface area (Å²) in [7, 11) is 0. The lowest BCUT2D eigenvalue weighted by Gasteiger charge is -2.26. The monoisotopic (exact) mass is 359 g/mol. The molecule has 0 aliphatic carbocycles. The summed E-state index contributed by atoms with van der Waals surface area (Å²) < 4.78 is 5.72. The molecule has 1 fully saturated rings. The highest BCUT2D eigenvalue weighted by Crippen LogP contribution is 2.18. The quantitative estimate of drug-likeness (QED) is 0.611. The smallest absolute Gasteiger partial charge is 0.260 e. The van der Waals surface area contributed by atoms with Gasteiger partial charge in [-0.05, 0) is 31.4 Å². The van der Waals surface area contributed by atoms with Gasteiger partial charge in [-0.3, -0.25) is 10.2 Å². The minimum Gasteiger partial charge on any atom is -0.483 e. The molecular formula is C17H21N5O2S. The van der Waals surface area contributed by atoms with E-state index in [1.165, 1.54) is 17.8 Å². The molecule has 0 saturated carbocycles. The van der Waals surface area contributed by atoms with Crippen LogP contribution in [-0.2, 0) is 4.79 Å². The number of carbonyl (C=O) groups is 1. The molecule has 0 bridgehead atoms. The Morgan fingerprint density at radius 3 is 2.92 bits per heavy atom. The second-order valence-electron chi connectivity index (χ2n) is 5.72. The Balaban J connectivity index is 1.57. The van der Waals surface area contributed by atoms with Crippen molar-refractivity contribution in [2.45, 2.75) is 19.3 Å². The Labute approximate surface area is 150 Å². The number of carbonyl (C=O) groups excluding carboxylic acids is 1. The molecule has 1 aromatic heterocycles. The van der Waals surface area contributed by atoms with Crippen LogP contribution >= 0.6 is 11.3 Å². The molecule has 0 atom stereocenters. The summed E-state index contributed by atoms with van der Waals surface area (Å²) in [5.41, 5.74) is 9.17. The van der Waals surface area contributed by atoms with E-state index in [0.717, 1.165) is 31.5 Å². The summed E-state index contributed by atoms with van der Waals surface area (Å²) >= 11 is 1.38. The number of nitrogens with zero attached hydrogens (tertiary/aromatic N) is 3. The number of nitrogens with two attached hydrogens (primary N) is 1. The zero-order valence-corrected chi connectivity index (χ0v) is 14.7. The Morgan fingerprint density at radius 1 is 1.36 bits per heavy atom. The maximum Gasteiger partial charge on any atom is 0.260 e. The molecule has 2 aromatic rings. The van der Waals surface area contributed by atoms with Gasteiger partial charge >= 0.3 is 0 Å². The molecule has 1 aliphatic heterocycles. The second kappa shape index (κ2) is 8.48. The Morgan fingerprint density at radius 2 is 2.16 bits per heavy atom. The number of hydrogen-bond donors (Lipinski definition) is 2. The molecule has 25 heavy (non-hydrogen) atoms. The number of nitrogen functional groups attached to an aromatic ring is 1. The molecule has 0 unspecified atom stereocenters. The minimum absolute atomic E-state index is 0.0304. The molecule has 0 radical (unpaired) electrons. The number of nitrogens with one attached hydrogen (secondary N) is 1. The number of hydrazone groups is 1. The van der Waals surface area contributed by atoms with E-state index < -0.39 is 0 Å². The highest BCUT2D eigenvalue weighted by molar-refractivity contribution is 7.14. The zero-order valence-electron chi connectivity index (χ0n) is 13.9. The third-order valence-electron chi connectivity index (χ3n) is 3.86. The van der Waals surface area contributed by atoms with Crippen LogP contribution in [0.2, 0.25) is 0 Å². The van der Waals surface area contributed by atoms with Crippen molar-refractivity contribution in [2.75, 3.05) is 30.9 Å². The van der Waals surface area contributed by atoms with Crippen LogP contribution in [-0.4, -0.2) is 41.7 Å². The van der Waals surface area contributed by atoms with Gasteiger partial charge < -0.3 is 15.4 Å². The topological polar surface area (TPSA) is 92.8 Å². The molecule has 1 aromatic carbocycles. The van der Waals surface area contributed by atoms with E-state index in [9.17, 15) is 4.79 Å². The lowest BCUT2D eigenvalue weighted by atomic mass is 10.1. The number of anilines is 2. The Kier molecular flexibility index (Phi) is 5.84. The molecule has 1 amide bonds. The molecule has 132 valence electrons. The maximum atomic E-state index is 12.2. The predicted molar refractivity (Wildman–Crippen MR) is 100 cm³/mol. The van der Waals surface area contributed by atoms with Gasteiger partial charge in [0, 0.05) is 24.0 Å². The van der Waals surface area contributed by atoms with Gasteiger partial charge in [-0.1, -0.05) is 12.1 Å². The van der Waals surface area contributed by atoms with E-state index in [1.54, 1.807) is 11.6 Å². The van der Waals surface area contributed by atoms with Crippen molar-refractivity contribution in [2.24, 2.45) is 5.10 Å². The van der Waals surface area contributed by atoms with Crippen LogP contribution in [0.4, 0.5) is 10.9 Å². The van der Waals surface area contributed by atoms with Gasteiger partial charge in [-0.2, -0.15) is 5.10 Å². The van der Waals surface area contributed by atoms with Crippen molar-refractivity contribution in [3.8, 4) is 5.75 Å². The minimum atomic E-state index is 0.0304. The highest BCUT2D eigenvalue weighted by atomic mass is 32.1. The highest BCUT2D eigenvalue weighted by Gasteiger charge is 2.17. The largest absolute Gasteiger partial charge is 0.483 e. The fourth-order valence-electron chi connectivity index (χ4n) is 2.59. The standard InChI is InChI=1S/C17H21N5O2S/c18-15-12-25-17(20-15)21-19-10-13-6-2-3-7-14(13)24-11-16(23)22-8-4-1-5-9-22/h2-3,6-7,10,12H,1,4-5,8-9,11,18H2,(H,20,21). The molecular weight excluding hydrogens is 338 g/mol. The molecule has 2 heterocycles. The van der Waals surface area contributed by atoms with Crippen LogP contribution in [0.3, 0.4) is 0 Å². The van der Waals surface area contributed by atoms with Gasteiger partial charge in [0.2, 0.25) is 5.13 Å². The molecule has 3 N–H and O–H groups in total. The van der Waals surface area contributed by atoms with Gasteiger partial charge in [0.1, 0.15) is 11.6 Å². The maximum absolute atomic E-state index is 12.2. The van der Waals surface area contributed by atoms with Crippen molar-refractivity contribution >= 4 is 34.4 Å². The molecule has 1 saturated heterocycles. The average Bonchev–Trinajstić information content (AvgIpc) is 3.06. The average molecular weight is 359 g/mol. The third kappa shape index (κ3) is 4.93. The van der Waals surface area contributed by atoms with Crippen molar-refractivity contribution in [1.29, 1.82) is 0 Å². The first kappa shape index (κ1) is 17.2. The first-order chi connectivity index (χ1) is 12.2. The number of amides is 1.